The molecular formula is C23H26N4O3. The van der Waals surface area contributed by atoms with Crippen LogP contribution in [0.3, 0.4) is 0 Å². The number of anilines is 1. The second-order valence-electron chi connectivity index (χ2n) is 8.42. The Hall–Kier alpha value is -2.93. The molecule has 7 heteroatoms. The smallest absolute Gasteiger partial charge is 0.266 e. The maximum Gasteiger partial charge on any atom is 0.266 e. The van der Waals surface area contributed by atoms with Crippen molar-refractivity contribution in [2.45, 2.75) is 38.9 Å². The Morgan fingerprint density at radius 3 is 2.53 bits per heavy atom. The van der Waals surface area contributed by atoms with E-state index in [2.05, 4.69) is 20.0 Å². The maximum atomic E-state index is 10.7. The van der Waals surface area contributed by atoms with Gasteiger partial charge < -0.3 is 19.3 Å². The Balaban J connectivity index is 1.27. The predicted molar refractivity (Wildman–Crippen MR) is 112 cm³/mol. The van der Waals surface area contributed by atoms with Crippen molar-refractivity contribution in [1.82, 2.24) is 15.1 Å². The van der Waals surface area contributed by atoms with Crippen molar-refractivity contribution in [2.24, 2.45) is 11.8 Å². The van der Waals surface area contributed by atoms with Gasteiger partial charge in [-0.15, -0.1) is 0 Å². The molecule has 30 heavy (non-hydrogen) atoms. The highest BCUT2D eigenvalue weighted by Crippen LogP contribution is 2.39. The van der Waals surface area contributed by atoms with Crippen LogP contribution in [0.2, 0.25) is 0 Å². The van der Waals surface area contributed by atoms with Crippen LogP contribution in [-0.4, -0.2) is 45.5 Å². The van der Waals surface area contributed by atoms with Crippen LogP contribution in [0.4, 0.5) is 5.95 Å². The van der Waals surface area contributed by atoms with E-state index < -0.39 is 6.10 Å². The normalized spacial score (nSPS) is 25.9. The zero-order valence-corrected chi connectivity index (χ0v) is 17.2. The zero-order chi connectivity index (χ0) is 20.7. The van der Waals surface area contributed by atoms with Gasteiger partial charge in [0.1, 0.15) is 11.9 Å². The molecule has 0 unspecified atom stereocenters. The van der Waals surface area contributed by atoms with Gasteiger partial charge in [0, 0.05) is 24.3 Å². The third-order valence-electron chi connectivity index (χ3n) is 6.26. The predicted octanol–water partition coefficient (Wildman–Crippen LogP) is 3.40. The zero-order valence-electron chi connectivity index (χ0n) is 17.2. The third kappa shape index (κ3) is 3.65. The molecule has 2 aliphatic rings. The van der Waals surface area contributed by atoms with Crippen LogP contribution in [-0.2, 0) is 0 Å². The van der Waals surface area contributed by atoms with Crippen molar-refractivity contribution in [2.75, 3.05) is 18.0 Å². The van der Waals surface area contributed by atoms with E-state index >= 15 is 0 Å². The quantitative estimate of drug-likeness (QED) is 0.711. The van der Waals surface area contributed by atoms with Crippen molar-refractivity contribution in [3.63, 3.8) is 0 Å². The molecule has 3 heterocycles. The highest BCUT2D eigenvalue weighted by molar-refractivity contribution is 5.54. The summed E-state index contributed by atoms with van der Waals surface area (Å²) in [5.41, 5.74) is 2.74. The van der Waals surface area contributed by atoms with E-state index in [1.165, 1.54) is 0 Å². The highest BCUT2D eigenvalue weighted by Gasteiger charge is 2.43. The second-order valence-corrected chi connectivity index (χ2v) is 8.42. The lowest BCUT2D eigenvalue weighted by molar-refractivity contribution is -0.0236. The molecule has 1 aliphatic heterocycles. The molecule has 2 fully saturated rings. The van der Waals surface area contributed by atoms with Gasteiger partial charge in [0.05, 0.1) is 11.8 Å². The summed E-state index contributed by atoms with van der Waals surface area (Å²) in [4.78, 5) is 11.2. The fraction of sp³-hybridized carbons (Fsp3) is 0.435. The number of aryl methyl sites for hydroxylation is 2. The molecule has 4 atom stereocenters. The van der Waals surface area contributed by atoms with Crippen LogP contribution >= 0.6 is 0 Å². The number of aromatic nitrogens is 3. The number of aliphatic hydroxyl groups is 1. The SMILES string of the molecule is Cc1ccc(O[C@@H]2C[C@@H]3CN(c4noc(-c5ccccc5)n4)C[C@@H]3C[C@H]2O)c(C)n1. The van der Waals surface area contributed by atoms with Gasteiger partial charge in [-0.25, -0.2) is 0 Å². The number of aliphatic hydroxyl groups excluding tert-OH is 1. The van der Waals surface area contributed by atoms with E-state index in [4.69, 9.17) is 9.26 Å². The average Bonchev–Trinajstić information content (AvgIpc) is 3.38. The van der Waals surface area contributed by atoms with Gasteiger partial charge in [-0.2, -0.15) is 4.98 Å². The van der Waals surface area contributed by atoms with Gasteiger partial charge in [0.25, 0.3) is 11.8 Å². The summed E-state index contributed by atoms with van der Waals surface area (Å²) in [6, 6.07) is 13.7. The number of hydrogen-bond donors (Lipinski definition) is 1. The first kappa shape index (κ1) is 19.1. The molecule has 0 amide bonds. The summed E-state index contributed by atoms with van der Waals surface area (Å²) >= 11 is 0. The second kappa shape index (κ2) is 7.72. The monoisotopic (exact) mass is 406 g/mol. The molecule has 7 nitrogen and oxygen atoms in total. The molecule has 156 valence electrons. The van der Waals surface area contributed by atoms with E-state index in [-0.39, 0.29) is 6.10 Å². The Labute approximate surface area is 175 Å². The lowest BCUT2D eigenvalue weighted by Gasteiger charge is -2.35. The van der Waals surface area contributed by atoms with Crippen molar-refractivity contribution in [1.29, 1.82) is 0 Å². The Morgan fingerprint density at radius 1 is 1.00 bits per heavy atom. The molecule has 0 radical (unpaired) electrons. The minimum absolute atomic E-state index is 0.223. The van der Waals surface area contributed by atoms with Crippen molar-refractivity contribution in [3.8, 4) is 17.2 Å². The summed E-state index contributed by atoms with van der Waals surface area (Å²) in [6.07, 6.45) is 0.809. The number of rotatable bonds is 4. The summed E-state index contributed by atoms with van der Waals surface area (Å²) in [5, 5.41) is 14.9. The van der Waals surface area contributed by atoms with Crippen molar-refractivity contribution in [3.05, 3.63) is 53.9 Å². The summed E-state index contributed by atoms with van der Waals surface area (Å²) in [5.74, 6) is 2.73. The van der Waals surface area contributed by atoms with Crippen LogP contribution in [0.15, 0.2) is 47.0 Å². The number of ether oxygens (including phenoxy) is 1. The highest BCUT2D eigenvalue weighted by atomic mass is 16.5. The molecule has 1 aliphatic carbocycles. The molecule has 1 saturated carbocycles. The molecule has 2 aromatic heterocycles. The van der Waals surface area contributed by atoms with Crippen LogP contribution in [0.1, 0.15) is 24.2 Å². The van der Waals surface area contributed by atoms with E-state index in [1.807, 2.05) is 56.3 Å². The first-order valence-corrected chi connectivity index (χ1v) is 10.5. The number of pyridine rings is 1. The van der Waals surface area contributed by atoms with E-state index in [1.54, 1.807) is 0 Å². The Bertz CT molecular complexity index is 1020. The average molecular weight is 406 g/mol. The van der Waals surface area contributed by atoms with Crippen molar-refractivity contribution >= 4 is 5.95 Å². The van der Waals surface area contributed by atoms with Crippen LogP contribution in [0.5, 0.6) is 5.75 Å². The topological polar surface area (TPSA) is 84.5 Å². The van der Waals surface area contributed by atoms with Crippen molar-refractivity contribution < 1.29 is 14.4 Å². The summed E-state index contributed by atoms with van der Waals surface area (Å²) < 4.78 is 11.7. The van der Waals surface area contributed by atoms with Crippen LogP contribution < -0.4 is 9.64 Å². The van der Waals surface area contributed by atoms with E-state index in [0.29, 0.717) is 30.1 Å². The molecule has 5 rings (SSSR count). The minimum atomic E-state index is -0.489. The van der Waals surface area contributed by atoms with E-state index in [0.717, 1.165) is 42.2 Å². The minimum Gasteiger partial charge on any atom is -0.486 e. The molecule has 1 saturated heterocycles. The van der Waals surface area contributed by atoms with E-state index in [9.17, 15) is 5.11 Å². The fourth-order valence-corrected chi connectivity index (χ4v) is 4.68. The lowest BCUT2D eigenvalue weighted by atomic mass is 9.78. The number of benzene rings is 1. The van der Waals surface area contributed by atoms with Crippen LogP contribution in [0.25, 0.3) is 11.5 Å². The Morgan fingerprint density at radius 2 is 1.77 bits per heavy atom. The molecule has 1 aromatic carbocycles. The van der Waals surface area contributed by atoms with Gasteiger partial charge >= 0.3 is 0 Å². The van der Waals surface area contributed by atoms with Gasteiger partial charge in [-0.1, -0.05) is 18.2 Å². The lowest BCUT2D eigenvalue weighted by Crippen LogP contribution is -2.42. The molecule has 1 N–H and O–H groups in total. The maximum absolute atomic E-state index is 10.7. The first-order chi connectivity index (χ1) is 14.6. The van der Waals surface area contributed by atoms with Gasteiger partial charge in [0.2, 0.25) is 0 Å². The summed E-state index contributed by atoms with van der Waals surface area (Å²) in [6.45, 7) is 5.58. The number of fused-ring (bicyclic) bond motifs is 1. The molecule has 3 aromatic rings. The largest absolute Gasteiger partial charge is 0.486 e. The van der Waals surface area contributed by atoms with Gasteiger partial charge in [0.15, 0.2) is 0 Å². The molecule has 0 bridgehead atoms. The Kier molecular flexibility index (Phi) is 4.90. The first-order valence-electron chi connectivity index (χ1n) is 10.5. The fourth-order valence-electron chi connectivity index (χ4n) is 4.68. The van der Waals surface area contributed by atoms with Gasteiger partial charge in [-0.05, 0) is 67.9 Å². The molecular weight excluding hydrogens is 380 g/mol. The number of nitrogens with zero attached hydrogens (tertiary/aromatic N) is 4. The standard InChI is InChI=1S/C23H26N4O3/c1-14-8-9-20(15(2)24-14)29-21-11-18-13-27(12-17(18)10-19(21)28)23-25-22(30-26-23)16-6-4-3-5-7-16/h3-9,17-19,21,28H,10-13H2,1-2H3/t17-,18+,19+,21+/m0/s1. The number of hydrogen-bond acceptors (Lipinski definition) is 7. The van der Waals surface area contributed by atoms with Crippen LogP contribution in [0, 0.1) is 25.7 Å². The van der Waals surface area contributed by atoms with Gasteiger partial charge in [-0.3, -0.25) is 4.98 Å². The summed E-state index contributed by atoms with van der Waals surface area (Å²) in [7, 11) is 0. The molecule has 0 spiro atoms. The third-order valence-corrected chi connectivity index (χ3v) is 6.26.